The largest absolute Gasteiger partial charge is 0.493 e. The van der Waals surface area contributed by atoms with Crippen molar-refractivity contribution in [3.8, 4) is 29.1 Å². The van der Waals surface area contributed by atoms with Gasteiger partial charge in [0.1, 0.15) is 12.2 Å². The second-order valence-electron chi connectivity index (χ2n) is 7.96. The third kappa shape index (κ3) is 4.53. The Balaban J connectivity index is 1.40. The quantitative estimate of drug-likeness (QED) is 0.405. The summed E-state index contributed by atoms with van der Waals surface area (Å²) in [6.07, 6.45) is 1.36. The van der Waals surface area contributed by atoms with E-state index in [0.717, 1.165) is 10.5 Å². The molecule has 10 nitrogen and oxygen atoms in total. The molecule has 3 aromatic rings. The number of carbonyl (C=O) groups excluding carboxylic acids is 3. The molecule has 0 saturated carbocycles. The molecule has 2 aliphatic rings. The molecule has 4 amide bonds. The Kier molecular flexibility index (Phi) is 6.18. The van der Waals surface area contributed by atoms with Crippen molar-refractivity contribution in [2.45, 2.75) is 6.61 Å². The fourth-order valence-corrected chi connectivity index (χ4v) is 3.89. The number of urea groups is 1. The van der Waals surface area contributed by atoms with Gasteiger partial charge in [0.05, 0.1) is 24.4 Å². The van der Waals surface area contributed by atoms with E-state index in [1.54, 1.807) is 42.5 Å². The Bertz CT molecular complexity index is 1510. The molecule has 0 aliphatic carbocycles. The lowest BCUT2D eigenvalue weighted by molar-refractivity contribution is -0.122. The number of hydrogen-bond donors (Lipinski definition) is 1. The van der Waals surface area contributed by atoms with Crippen molar-refractivity contribution in [1.82, 2.24) is 5.32 Å². The minimum atomic E-state index is -0.870. The summed E-state index contributed by atoms with van der Waals surface area (Å²) in [5, 5.41) is 11.5. The first-order valence-corrected chi connectivity index (χ1v) is 11.1. The molecule has 0 bridgehead atoms. The van der Waals surface area contributed by atoms with Crippen LogP contribution in [0.4, 0.5) is 10.5 Å². The molecule has 0 aromatic heterocycles. The van der Waals surface area contributed by atoms with Crippen LogP contribution in [0.2, 0.25) is 0 Å². The van der Waals surface area contributed by atoms with Crippen molar-refractivity contribution >= 4 is 29.6 Å². The average Bonchev–Trinajstić information content (AvgIpc) is 3.38. The van der Waals surface area contributed by atoms with E-state index in [9.17, 15) is 19.6 Å². The Hall–Kier alpha value is -5.30. The van der Waals surface area contributed by atoms with Gasteiger partial charge in [-0.3, -0.25) is 14.9 Å². The smallest absolute Gasteiger partial charge is 0.335 e. The van der Waals surface area contributed by atoms with Crippen LogP contribution in [0.15, 0.2) is 66.2 Å². The number of fused-ring (bicyclic) bond motifs is 1. The van der Waals surface area contributed by atoms with E-state index < -0.39 is 17.8 Å². The molecule has 0 atom stereocenters. The van der Waals surface area contributed by atoms with Gasteiger partial charge in [-0.15, -0.1) is 0 Å². The first-order chi connectivity index (χ1) is 18.0. The number of ether oxygens (including phenoxy) is 4. The maximum atomic E-state index is 13.2. The van der Waals surface area contributed by atoms with Crippen LogP contribution in [0, 0.1) is 11.3 Å². The highest BCUT2D eigenvalue weighted by atomic mass is 16.7. The topological polar surface area (TPSA) is 127 Å². The number of benzene rings is 3. The molecule has 184 valence electrons. The van der Waals surface area contributed by atoms with Crippen LogP contribution in [0.1, 0.15) is 16.7 Å². The number of amides is 4. The first-order valence-electron chi connectivity index (χ1n) is 11.1. The Morgan fingerprint density at radius 2 is 1.84 bits per heavy atom. The molecular formula is C27H19N3O7. The van der Waals surface area contributed by atoms with Crippen LogP contribution < -0.4 is 29.2 Å². The third-order valence-corrected chi connectivity index (χ3v) is 5.74. The molecule has 0 spiro atoms. The van der Waals surface area contributed by atoms with Gasteiger partial charge in [0.2, 0.25) is 6.79 Å². The van der Waals surface area contributed by atoms with E-state index in [1.807, 2.05) is 6.07 Å². The monoisotopic (exact) mass is 497 g/mol. The van der Waals surface area contributed by atoms with Crippen molar-refractivity contribution in [2.75, 3.05) is 18.8 Å². The molecule has 10 heteroatoms. The molecule has 0 unspecified atom stereocenters. The van der Waals surface area contributed by atoms with Crippen molar-refractivity contribution in [3.05, 3.63) is 82.9 Å². The first kappa shape index (κ1) is 23.4. The normalized spacial score (nSPS) is 15.4. The lowest BCUT2D eigenvalue weighted by atomic mass is 10.1. The van der Waals surface area contributed by atoms with Crippen molar-refractivity contribution in [1.29, 1.82) is 5.26 Å². The van der Waals surface area contributed by atoms with E-state index in [4.69, 9.17) is 18.9 Å². The summed E-state index contributed by atoms with van der Waals surface area (Å²) in [5.74, 6) is 0.0359. The number of nitriles is 1. The number of anilines is 1. The van der Waals surface area contributed by atoms with Crippen molar-refractivity contribution < 1.29 is 33.3 Å². The SMILES string of the molecule is COc1cc(/C=C2\C(=O)NC(=O)N(c3ccc4c(c3)OCO4)C2=O)ccc1OCc1ccccc1C#N. The molecule has 3 aromatic carbocycles. The number of barbiturate groups is 1. The molecule has 0 radical (unpaired) electrons. The van der Waals surface area contributed by atoms with Crippen LogP contribution in [-0.4, -0.2) is 31.7 Å². The number of hydrogen-bond acceptors (Lipinski definition) is 8. The van der Waals surface area contributed by atoms with E-state index in [0.29, 0.717) is 34.1 Å². The lowest BCUT2D eigenvalue weighted by Crippen LogP contribution is -2.54. The van der Waals surface area contributed by atoms with Crippen LogP contribution in [0.25, 0.3) is 6.08 Å². The predicted octanol–water partition coefficient (Wildman–Crippen LogP) is 3.54. The standard InChI is InChI=1S/C27H19N3O7/c1-34-23-11-16(6-8-21(23)35-14-18-5-3-2-4-17(18)13-28)10-20-25(31)29-27(33)30(26(20)32)19-7-9-22-24(12-19)37-15-36-22/h2-12H,14-15H2,1H3,(H,29,31,33)/b20-10+. The summed E-state index contributed by atoms with van der Waals surface area (Å²) >= 11 is 0. The van der Waals surface area contributed by atoms with Gasteiger partial charge in [-0.25, -0.2) is 9.69 Å². The van der Waals surface area contributed by atoms with Gasteiger partial charge in [0.25, 0.3) is 11.8 Å². The predicted molar refractivity (Wildman–Crippen MR) is 130 cm³/mol. The molecular weight excluding hydrogens is 478 g/mol. The van der Waals surface area contributed by atoms with Gasteiger partial charge < -0.3 is 18.9 Å². The summed E-state index contributed by atoms with van der Waals surface area (Å²) in [4.78, 5) is 39.1. The summed E-state index contributed by atoms with van der Waals surface area (Å²) in [7, 11) is 1.46. The van der Waals surface area contributed by atoms with Crippen LogP contribution in [0.5, 0.6) is 23.0 Å². The Morgan fingerprint density at radius 3 is 2.65 bits per heavy atom. The van der Waals surface area contributed by atoms with E-state index in [-0.39, 0.29) is 24.7 Å². The molecule has 37 heavy (non-hydrogen) atoms. The third-order valence-electron chi connectivity index (χ3n) is 5.74. The Labute approximate surface area is 211 Å². The number of imide groups is 2. The maximum absolute atomic E-state index is 13.2. The highest BCUT2D eigenvalue weighted by Gasteiger charge is 2.37. The highest BCUT2D eigenvalue weighted by molar-refractivity contribution is 6.39. The summed E-state index contributed by atoms with van der Waals surface area (Å²) in [5.41, 5.74) is 1.68. The zero-order valence-electron chi connectivity index (χ0n) is 19.5. The van der Waals surface area contributed by atoms with Crippen LogP contribution in [-0.2, 0) is 16.2 Å². The summed E-state index contributed by atoms with van der Waals surface area (Å²) in [6, 6.07) is 17.8. The average molecular weight is 497 g/mol. The number of methoxy groups -OCH3 is 1. The molecule has 2 heterocycles. The van der Waals surface area contributed by atoms with Crippen molar-refractivity contribution in [3.63, 3.8) is 0 Å². The number of rotatable bonds is 6. The van der Waals surface area contributed by atoms with E-state index >= 15 is 0 Å². The van der Waals surface area contributed by atoms with E-state index in [2.05, 4.69) is 11.4 Å². The van der Waals surface area contributed by atoms with Gasteiger partial charge in [-0.05, 0) is 42.0 Å². The second kappa shape index (κ2) is 9.75. The van der Waals surface area contributed by atoms with E-state index in [1.165, 1.54) is 25.3 Å². The summed E-state index contributed by atoms with van der Waals surface area (Å²) in [6.45, 7) is 0.184. The number of carbonyl (C=O) groups is 3. The fourth-order valence-electron chi connectivity index (χ4n) is 3.89. The molecule has 1 N–H and O–H groups in total. The lowest BCUT2D eigenvalue weighted by Gasteiger charge is -2.26. The Morgan fingerprint density at radius 1 is 1.03 bits per heavy atom. The summed E-state index contributed by atoms with van der Waals surface area (Å²) < 4.78 is 21.9. The molecule has 1 saturated heterocycles. The van der Waals surface area contributed by atoms with Gasteiger partial charge in [-0.1, -0.05) is 24.3 Å². The zero-order valence-corrected chi connectivity index (χ0v) is 19.5. The molecule has 5 rings (SSSR count). The maximum Gasteiger partial charge on any atom is 0.335 e. The minimum absolute atomic E-state index is 0.0367. The zero-order chi connectivity index (χ0) is 25.9. The minimum Gasteiger partial charge on any atom is -0.493 e. The van der Waals surface area contributed by atoms with Gasteiger partial charge in [0.15, 0.2) is 23.0 Å². The van der Waals surface area contributed by atoms with Gasteiger partial charge in [0, 0.05) is 11.6 Å². The number of nitrogens with one attached hydrogen (secondary N) is 1. The fraction of sp³-hybridized carbons (Fsp3) is 0.111. The molecule has 1 fully saturated rings. The highest BCUT2D eigenvalue weighted by Crippen LogP contribution is 2.36. The molecule has 2 aliphatic heterocycles. The van der Waals surface area contributed by atoms with Gasteiger partial charge in [-0.2, -0.15) is 5.26 Å². The second-order valence-corrected chi connectivity index (χ2v) is 7.96. The number of nitrogens with zero attached hydrogens (tertiary/aromatic N) is 2. The van der Waals surface area contributed by atoms with Crippen molar-refractivity contribution in [2.24, 2.45) is 0 Å². The van der Waals surface area contributed by atoms with Crippen LogP contribution in [0.3, 0.4) is 0 Å². The van der Waals surface area contributed by atoms with Gasteiger partial charge >= 0.3 is 6.03 Å². The van der Waals surface area contributed by atoms with Crippen LogP contribution >= 0.6 is 0 Å².